The van der Waals surface area contributed by atoms with Crippen LogP contribution in [0.2, 0.25) is 5.02 Å². The van der Waals surface area contributed by atoms with E-state index >= 15 is 0 Å². The van der Waals surface area contributed by atoms with Crippen molar-refractivity contribution < 1.29 is 9.59 Å². The first kappa shape index (κ1) is 30.6. The van der Waals surface area contributed by atoms with Crippen LogP contribution in [-0.2, 0) is 9.59 Å². The molecule has 0 aliphatic carbocycles. The molecular formula is C28H38ClN7O2. The van der Waals surface area contributed by atoms with Crippen LogP contribution in [0.15, 0.2) is 42.6 Å². The lowest BCUT2D eigenvalue weighted by Gasteiger charge is -2.23. The number of carbonyl (C=O) groups excluding carboxylic acids is 2. The number of hydrogen-bond acceptors (Lipinski definition) is 7. The zero-order valence-corrected chi connectivity index (χ0v) is 23.6. The lowest BCUT2D eigenvalue weighted by Crippen LogP contribution is -2.45. The van der Waals surface area contributed by atoms with Crippen molar-refractivity contribution >= 4 is 40.9 Å². The van der Waals surface area contributed by atoms with Crippen LogP contribution < -0.4 is 16.0 Å². The number of carbonyl (C=O) groups is 2. The summed E-state index contributed by atoms with van der Waals surface area (Å²) in [6, 6.07) is 6.78. The maximum atomic E-state index is 12.4. The van der Waals surface area contributed by atoms with E-state index in [0.717, 1.165) is 18.7 Å². The maximum Gasteiger partial charge on any atom is 0.246 e. The Balaban J connectivity index is 1.87. The van der Waals surface area contributed by atoms with Crippen LogP contribution in [0, 0.1) is 11.8 Å². The average molecular weight is 540 g/mol. The fraction of sp³-hybridized carbons (Fsp3) is 0.429. The first-order valence-corrected chi connectivity index (χ1v) is 13.1. The van der Waals surface area contributed by atoms with E-state index in [-0.39, 0.29) is 11.8 Å². The van der Waals surface area contributed by atoms with Gasteiger partial charge in [-0.25, -0.2) is 4.98 Å². The van der Waals surface area contributed by atoms with Gasteiger partial charge in [0.2, 0.25) is 17.8 Å². The molecule has 1 heterocycles. The molecule has 204 valence electrons. The fourth-order valence-electron chi connectivity index (χ4n) is 3.15. The maximum absolute atomic E-state index is 12.4. The predicted molar refractivity (Wildman–Crippen MR) is 155 cm³/mol. The fourth-order valence-corrected chi connectivity index (χ4v) is 3.34. The van der Waals surface area contributed by atoms with Crippen molar-refractivity contribution in [2.24, 2.45) is 0 Å². The van der Waals surface area contributed by atoms with E-state index < -0.39 is 6.04 Å². The van der Waals surface area contributed by atoms with E-state index in [0.29, 0.717) is 48.3 Å². The van der Waals surface area contributed by atoms with Gasteiger partial charge in [0.15, 0.2) is 0 Å². The second kappa shape index (κ2) is 16.3. The number of rotatable bonds is 13. The van der Waals surface area contributed by atoms with Gasteiger partial charge >= 0.3 is 0 Å². The van der Waals surface area contributed by atoms with Crippen molar-refractivity contribution in [1.82, 2.24) is 25.1 Å². The number of likely N-dealkylation sites (N-methyl/N-ethyl adjacent to an activating group) is 2. The monoisotopic (exact) mass is 539 g/mol. The molecule has 1 aromatic carbocycles. The van der Waals surface area contributed by atoms with Gasteiger partial charge in [0.25, 0.3) is 0 Å². The highest BCUT2D eigenvalue weighted by Gasteiger charge is 2.20. The normalized spacial score (nSPS) is 11.6. The molecule has 0 saturated heterocycles. The van der Waals surface area contributed by atoms with Gasteiger partial charge in [0.05, 0.1) is 11.8 Å². The second-order valence-electron chi connectivity index (χ2n) is 9.00. The van der Waals surface area contributed by atoms with Crippen LogP contribution >= 0.6 is 11.6 Å². The molecule has 10 heteroatoms. The van der Waals surface area contributed by atoms with E-state index in [1.165, 1.54) is 11.0 Å². The summed E-state index contributed by atoms with van der Waals surface area (Å²) in [4.78, 5) is 37.0. The van der Waals surface area contributed by atoms with Crippen molar-refractivity contribution in [3.8, 4) is 11.8 Å². The Morgan fingerprint density at radius 1 is 1.21 bits per heavy atom. The molecule has 2 amide bonds. The second-order valence-corrected chi connectivity index (χ2v) is 9.44. The predicted octanol–water partition coefficient (Wildman–Crippen LogP) is 3.91. The zero-order chi connectivity index (χ0) is 27.9. The Hall–Kier alpha value is -3.61. The molecule has 3 N–H and O–H groups in total. The van der Waals surface area contributed by atoms with Crippen molar-refractivity contribution in [3.63, 3.8) is 0 Å². The molecule has 0 aliphatic heterocycles. The number of hydrogen-bond donors (Lipinski definition) is 3. The summed E-state index contributed by atoms with van der Waals surface area (Å²) in [7, 11) is 5.47. The number of halogens is 1. The van der Waals surface area contributed by atoms with Crippen molar-refractivity contribution in [2.75, 3.05) is 51.4 Å². The highest BCUT2D eigenvalue weighted by atomic mass is 35.5. The van der Waals surface area contributed by atoms with E-state index in [1.807, 2.05) is 31.1 Å². The molecule has 38 heavy (non-hydrogen) atoms. The van der Waals surface area contributed by atoms with Crippen LogP contribution in [0.1, 0.15) is 38.7 Å². The summed E-state index contributed by atoms with van der Waals surface area (Å²) in [6.45, 7) is 5.68. The number of anilines is 3. The Kier molecular flexibility index (Phi) is 13.1. The lowest BCUT2D eigenvalue weighted by atomic mass is 10.2. The van der Waals surface area contributed by atoms with Crippen molar-refractivity contribution in [3.05, 3.63) is 53.2 Å². The minimum absolute atomic E-state index is 0.197. The molecule has 0 spiro atoms. The van der Waals surface area contributed by atoms with Gasteiger partial charge in [0.1, 0.15) is 11.9 Å². The molecule has 1 atom stereocenters. The van der Waals surface area contributed by atoms with Crippen LogP contribution in [0.25, 0.3) is 0 Å². The van der Waals surface area contributed by atoms with E-state index in [4.69, 9.17) is 11.6 Å². The van der Waals surface area contributed by atoms with Gasteiger partial charge in [-0.3, -0.25) is 9.59 Å². The highest BCUT2D eigenvalue weighted by molar-refractivity contribution is 6.30. The van der Waals surface area contributed by atoms with Gasteiger partial charge in [-0.1, -0.05) is 42.5 Å². The third-order valence-corrected chi connectivity index (χ3v) is 5.69. The summed E-state index contributed by atoms with van der Waals surface area (Å²) >= 11 is 6.06. The molecule has 0 saturated carbocycles. The third-order valence-electron chi connectivity index (χ3n) is 5.45. The number of unbranched alkanes of at least 4 members (excludes halogenated alkanes) is 1. The SMILES string of the molecule is CCCNc1nc(Nc2cccc(Cl)c2)ncc1C#CCCCNC(=O)C(C)N(C)C(=O)/C=C/CN(C)C. The highest BCUT2D eigenvalue weighted by Crippen LogP contribution is 2.20. The van der Waals surface area contributed by atoms with Crippen molar-refractivity contribution in [2.45, 2.75) is 39.2 Å². The molecule has 0 bridgehead atoms. The molecule has 9 nitrogen and oxygen atoms in total. The molecule has 0 radical (unpaired) electrons. The Morgan fingerprint density at radius 3 is 2.71 bits per heavy atom. The molecular weight excluding hydrogens is 502 g/mol. The minimum Gasteiger partial charge on any atom is -0.369 e. The first-order valence-electron chi connectivity index (χ1n) is 12.7. The van der Waals surface area contributed by atoms with Gasteiger partial charge < -0.3 is 25.8 Å². The number of aromatic nitrogens is 2. The molecule has 1 aromatic heterocycles. The smallest absolute Gasteiger partial charge is 0.246 e. The molecule has 2 rings (SSSR count). The number of nitrogens with one attached hydrogen (secondary N) is 3. The summed E-state index contributed by atoms with van der Waals surface area (Å²) in [5.41, 5.74) is 1.50. The van der Waals surface area contributed by atoms with Crippen LogP contribution in [0.3, 0.4) is 0 Å². The largest absolute Gasteiger partial charge is 0.369 e. The summed E-state index contributed by atoms with van der Waals surface area (Å²) < 4.78 is 0. The van der Waals surface area contributed by atoms with Gasteiger partial charge in [-0.05, 0) is 52.1 Å². The summed E-state index contributed by atoms with van der Waals surface area (Å²) in [6.07, 6.45) is 7.17. The number of amides is 2. The number of benzene rings is 1. The van der Waals surface area contributed by atoms with Crippen molar-refractivity contribution in [1.29, 1.82) is 0 Å². The summed E-state index contributed by atoms with van der Waals surface area (Å²) in [5.74, 6) is 6.97. The number of nitrogens with zero attached hydrogens (tertiary/aromatic N) is 4. The Morgan fingerprint density at radius 2 is 2.00 bits per heavy atom. The average Bonchev–Trinajstić information content (AvgIpc) is 2.88. The zero-order valence-electron chi connectivity index (χ0n) is 22.8. The van der Waals surface area contributed by atoms with Crippen LogP contribution in [0.5, 0.6) is 0 Å². The van der Waals surface area contributed by atoms with Gasteiger partial charge in [0, 0.05) is 49.9 Å². The summed E-state index contributed by atoms with van der Waals surface area (Å²) in [5, 5.41) is 9.96. The van der Waals surface area contributed by atoms with Gasteiger partial charge in [-0.15, -0.1) is 0 Å². The first-order chi connectivity index (χ1) is 18.2. The molecule has 0 aliphatic rings. The van der Waals surface area contributed by atoms with Crippen LogP contribution in [-0.4, -0.2) is 78.4 Å². The molecule has 0 fully saturated rings. The van der Waals surface area contributed by atoms with Crippen LogP contribution in [0.4, 0.5) is 17.5 Å². The van der Waals surface area contributed by atoms with E-state index in [9.17, 15) is 9.59 Å². The Bertz CT molecular complexity index is 1160. The molecule has 2 aromatic rings. The quantitative estimate of drug-likeness (QED) is 0.201. The standard InChI is InChI=1S/C28H38ClN7O2/c1-6-16-30-26-22(20-32-28(34-26)33-24-14-10-13-23(29)19-24)12-8-7-9-17-31-27(38)21(2)36(5)25(37)15-11-18-35(3)4/h10-11,13-15,19-21H,6-7,9,16-18H2,1-5H3,(H,31,38)(H2,30,32,33,34)/b15-11+. The van der Waals surface area contributed by atoms with E-state index in [2.05, 4.69) is 44.7 Å². The minimum atomic E-state index is -0.569. The van der Waals surface area contributed by atoms with E-state index in [1.54, 1.807) is 38.4 Å². The molecule has 1 unspecified atom stereocenters. The lowest BCUT2D eigenvalue weighted by molar-refractivity contribution is -0.135. The van der Waals surface area contributed by atoms with Gasteiger partial charge in [-0.2, -0.15) is 4.98 Å². The topological polar surface area (TPSA) is 102 Å². The third kappa shape index (κ3) is 10.8. The Labute approximate surface area is 231 Å².